The Morgan fingerprint density at radius 3 is 2.29 bits per heavy atom. The molecule has 0 aliphatic carbocycles. The summed E-state index contributed by atoms with van der Waals surface area (Å²) in [5.41, 5.74) is 4.48. The fraction of sp³-hybridized carbons (Fsp3) is 0.167. The fourth-order valence-electron chi connectivity index (χ4n) is 4.23. The highest BCUT2D eigenvalue weighted by molar-refractivity contribution is 8.03. The number of carbonyl (C=O) groups excluding carboxylic acids is 2. The van der Waals surface area contributed by atoms with Gasteiger partial charge in [-0.05, 0) is 54.8 Å². The molecule has 0 aromatic heterocycles. The third kappa shape index (κ3) is 6.28. The van der Waals surface area contributed by atoms with Gasteiger partial charge < -0.3 is 16.0 Å². The summed E-state index contributed by atoms with van der Waals surface area (Å²) in [6.45, 7) is 3.86. The number of nitrogens with zero attached hydrogens (tertiary/aromatic N) is 1. The highest BCUT2D eigenvalue weighted by Gasteiger charge is 2.35. The molecule has 3 N–H and O–H groups in total. The van der Waals surface area contributed by atoms with Gasteiger partial charge in [-0.3, -0.25) is 9.59 Å². The molecule has 1 heterocycles. The Labute approximate surface area is 231 Å². The van der Waals surface area contributed by atoms with Gasteiger partial charge in [0.15, 0.2) is 0 Å². The Kier molecular flexibility index (Phi) is 8.90. The number of amides is 2. The van der Waals surface area contributed by atoms with Gasteiger partial charge in [0, 0.05) is 27.7 Å². The van der Waals surface area contributed by atoms with Gasteiger partial charge in [0.05, 0.1) is 28.3 Å². The number of thioether (sulfide) groups is 1. The van der Waals surface area contributed by atoms with Crippen LogP contribution in [0.4, 0.5) is 11.4 Å². The molecule has 1 aliphatic rings. The quantitative estimate of drug-likeness (QED) is 0.298. The zero-order valence-corrected chi connectivity index (χ0v) is 22.6. The number of para-hydroxylation sites is 1. The van der Waals surface area contributed by atoms with Crippen molar-refractivity contribution >= 4 is 46.6 Å². The maximum Gasteiger partial charge on any atom is 0.254 e. The Hall–Kier alpha value is -3.99. The minimum atomic E-state index is -0.703. The highest BCUT2D eigenvalue weighted by Crippen LogP contribution is 2.43. The van der Waals surface area contributed by atoms with Crippen LogP contribution in [0.15, 0.2) is 101 Å². The molecule has 0 unspecified atom stereocenters. The molecule has 3 aromatic carbocycles. The lowest BCUT2D eigenvalue weighted by Gasteiger charge is -2.30. The summed E-state index contributed by atoms with van der Waals surface area (Å²) in [6, 6.07) is 26.3. The van der Waals surface area contributed by atoms with Crippen molar-refractivity contribution in [2.45, 2.75) is 26.2 Å². The van der Waals surface area contributed by atoms with E-state index < -0.39 is 5.92 Å². The number of aryl methyl sites for hydroxylation is 1. The number of dihydropyridines is 1. The summed E-state index contributed by atoms with van der Waals surface area (Å²) in [4.78, 5) is 26.2. The van der Waals surface area contributed by atoms with E-state index in [-0.39, 0.29) is 17.6 Å². The molecule has 4 rings (SSSR count). The highest BCUT2D eigenvalue weighted by atomic mass is 35.5. The molecule has 192 valence electrons. The summed E-state index contributed by atoms with van der Waals surface area (Å²) < 4.78 is 0. The molecule has 6 nitrogen and oxygen atoms in total. The van der Waals surface area contributed by atoms with E-state index in [2.05, 4.69) is 28.9 Å². The van der Waals surface area contributed by atoms with Gasteiger partial charge in [0.25, 0.3) is 5.91 Å². The number of hydrogen-bond acceptors (Lipinski definition) is 5. The standard InChI is InChI=1S/C30H27ClN4O2S/c1-3-20-13-15-22(16-14-20)34-26(36)18-38-30-24(17-32)28(23-11-7-8-12-25(23)31)27(19(2)33-30)29(37)35-21-9-5-4-6-10-21/h4-16,28,33H,3,18H2,1-2H3,(H,34,36)(H,35,37)/t28-/m0/s1. The van der Waals surface area contributed by atoms with Crippen LogP contribution in [0.3, 0.4) is 0 Å². The molecule has 0 saturated carbocycles. The van der Waals surface area contributed by atoms with Crippen LogP contribution in [0.25, 0.3) is 0 Å². The molecule has 38 heavy (non-hydrogen) atoms. The summed E-state index contributed by atoms with van der Waals surface area (Å²) in [6.07, 6.45) is 0.922. The van der Waals surface area contributed by atoms with Gasteiger partial charge in [-0.1, -0.05) is 78.8 Å². The number of anilines is 2. The van der Waals surface area contributed by atoms with E-state index in [4.69, 9.17) is 11.6 Å². The molecule has 0 saturated heterocycles. The number of halogens is 1. The van der Waals surface area contributed by atoms with Crippen LogP contribution in [-0.4, -0.2) is 17.6 Å². The largest absolute Gasteiger partial charge is 0.353 e. The van der Waals surface area contributed by atoms with Gasteiger partial charge in [0.1, 0.15) is 0 Å². The predicted octanol–water partition coefficient (Wildman–Crippen LogP) is 6.61. The number of carbonyl (C=O) groups is 2. The van der Waals surface area contributed by atoms with Crippen molar-refractivity contribution in [2.24, 2.45) is 0 Å². The first-order valence-electron chi connectivity index (χ1n) is 12.2. The van der Waals surface area contributed by atoms with E-state index in [0.717, 1.165) is 6.42 Å². The van der Waals surface area contributed by atoms with Crippen LogP contribution in [0.2, 0.25) is 5.02 Å². The van der Waals surface area contributed by atoms with E-state index >= 15 is 0 Å². The molecule has 0 bridgehead atoms. The SMILES string of the molecule is CCc1ccc(NC(=O)CSC2=C(C#N)[C@H](c3ccccc3Cl)C(C(=O)Nc3ccccc3)=C(C)N2)cc1. The van der Waals surface area contributed by atoms with Crippen LogP contribution in [0, 0.1) is 11.3 Å². The zero-order valence-electron chi connectivity index (χ0n) is 21.0. The minimum absolute atomic E-state index is 0.0805. The Morgan fingerprint density at radius 2 is 1.63 bits per heavy atom. The van der Waals surface area contributed by atoms with Gasteiger partial charge in [-0.2, -0.15) is 5.26 Å². The van der Waals surface area contributed by atoms with E-state index in [0.29, 0.717) is 43.8 Å². The summed E-state index contributed by atoms with van der Waals surface area (Å²) in [7, 11) is 0. The molecule has 3 aromatic rings. The van der Waals surface area contributed by atoms with Crippen molar-refractivity contribution in [1.29, 1.82) is 5.26 Å². The normalized spacial score (nSPS) is 14.9. The van der Waals surface area contributed by atoms with E-state index in [1.54, 1.807) is 31.2 Å². The number of benzene rings is 3. The molecule has 2 amide bonds. The Bertz CT molecular complexity index is 1440. The first kappa shape index (κ1) is 27.1. The lowest BCUT2D eigenvalue weighted by Crippen LogP contribution is -2.31. The lowest BCUT2D eigenvalue weighted by molar-refractivity contribution is -0.114. The number of nitrogens with one attached hydrogen (secondary N) is 3. The number of nitriles is 1. The van der Waals surface area contributed by atoms with Crippen molar-refractivity contribution < 1.29 is 9.59 Å². The van der Waals surface area contributed by atoms with E-state index in [9.17, 15) is 14.9 Å². The summed E-state index contributed by atoms with van der Waals surface area (Å²) in [5, 5.41) is 20.2. The van der Waals surface area contributed by atoms with E-state index in [1.165, 1.54) is 17.3 Å². The van der Waals surface area contributed by atoms with Crippen molar-refractivity contribution in [3.63, 3.8) is 0 Å². The summed E-state index contributed by atoms with van der Waals surface area (Å²) in [5.74, 6) is -1.16. The zero-order chi connectivity index (χ0) is 27.1. The van der Waals surface area contributed by atoms with Crippen molar-refractivity contribution in [3.05, 3.63) is 117 Å². The smallest absolute Gasteiger partial charge is 0.254 e. The number of hydrogen-bond donors (Lipinski definition) is 3. The average molecular weight is 543 g/mol. The van der Waals surface area contributed by atoms with Crippen LogP contribution in [0.1, 0.15) is 30.9 Å². The summed E-state index contributed by atoms with van der Waals surface area (Å²) >= 11 is 7.78. The van der Waals surface area contributed by atoms with Crippen LogP contribution in [0.5, 0.6) is 0 Å². The average Bonchev–Trinajstić information content (AvgIpc) is 2.92. The maximum atomic E-state index is 13.5. The van der Waals surface area contributed by atoms with Gasteiger partial charge in [-0.25, -0.2) is 0 Å². The van der Waals surface area contributed by atoms with Gasteiger partial charge >= 0.3 is 0 Å². The lowest BCUT2D eigenvalue weighted by atomic mass is 9.82. The van der Waals surface area contributed by atoms with Gasteiger partial charge in [0.2, 0.25) is 5.91 Å². The van der Waals surface area contributed by atoms with Gasteiger partial charge in [-0.15, -0.1) is 0 Å². The second kappa shape index (κ2) is 12.5. The molecule has 1 atom stereocenters. The molecule has 1 aliphatic heterocycles. The minimum Gasteiger partial charge on any atom is -0.353 e. The predicted molar refractivity (Wildman–Crippen MR) is 155 cm³/mol. The first-order valence-corrected chi connectivity index (χ1v) is 13.5. The van der Waals surface area contributed by atoms with E-state index in [1.807, 2.05) is 54.6 Å². The van der Waals surface area contributed by atoms with Crippen molar-refractivity contribution in [1.82, 2.24) is 5.32 Å². The third-order valence-corrected chi connectivity index (χ3v) is 7.49. The fourth-order valence-corrected chi connectivity index (χ4v) is 5.36. The number of allylic oxidation sites excluding steroid dienone is 2. The monoisotopic (exact) mass is 542 g/mol. The third-order valence-electron chi connectivity index (χ3n) is 6.13. The topological polar surface area (TPSA) is 94.0 Å². The molecule has 0 spiro atoms. The number of rotatable bonds is 8. The Balaban J connectivity index is 1.61. The van der Waals surface area contributed by atoms with Crippen LogP contribution < -0.4 is 16.0 Å². The van der Waals surface area contributed by atoms with Crippen molar-refractivity contribution in [3.8, 4) is 6.07 Å². The first-order chi connectivity index (χ1) is 18.4. The van der Waals surface area contributed by atoms with Crippen LogP contribution >= 0.6 is 23.4 Å². The molecule has 8 heteroatoms. The second-order valence-electron chi connectivity index (χ2n) is 8.68. The molecule has 0 radical (unpaired) electrons. The molecule has 0 fully saturated rings. The molecular weight excluding hydrogens is 516 g/mol. The Morgan fingerprint density at radius 1 is 0.974 bits per heavy atom. The molecular formula is C30H27ClN4O2S. The van der Waals surface area contributed by atoms with Crippen molar-refractivity contribution in [2.75, 3.05) is 16.4 Å². The second-order valence-corrected chi connectivity index (χ2v) is 10.1. The maximum absolute atomic E-state index is 13.5. The van der Waals surface area contributed by atoms with Crippen LogP contribution in [-0.2, 0) is 16.0 Å².